The van der Waals surface area contributed by atoms with Crippen LogP contribution in [-0.4, -0.2) is 44.3 Å². The summed E-state index contributed by atoms with van der Waals surface area (Å²) in [6.45, 7) is 3.21. The van der Waals surface area contributed by atoms with Crippen molar-refractivity contribution in [3.8, 4) is 0 Å². The summed E-state index contributed by atoms with van der Waals surface area (Å²) in [4.78, 5) is 11.7. The van der Waals surface area contributed by atoms with Gasteiger partial charge in [0.1, 0.15) is 0 Å². The smallest absolute Gasteiger partial charge is 0.220 e. The molecule has 17 heavy (non-hydrogen) atoms. The van der Waals surface area contributed by atoms with E-state index in [9.17, 15) is 4.79 Å². The lowest BCUT2D eigenvalue weighted by Gasteiger charge is -2.34. The monoisotopic (exact) mass is 263 g/mol. The number of rotatable bonds is 8. The maximum Gasteiger partial charge on any atom is 0.220 e. The maximum atomic E-state index is 11.7. The predicted octanol–water partition coefficient (Wildman–Crippen LogP) is 1.56. The van der Waals surface area contributed by atoms with E-state index in [-0.39, 0.29) is 11.9 Å². The van der Waals surface area contributed by atoms with Crippen molar-refractivity contribution in [1.82, 2.24) is 5.32 Å². The van der Waals surface area contributed by atoms with Crippen molar-refractivity contribution in [3.05, 3.63) is 0 Å². The van der Waals surface area contributed by atoms with Gasteiger partial charge in [0.2, 0.25) is 5.91 Å². The largest absolute Gasteiger partial charge is 0.383 e. The van der Waals surface area contributed by atoms with Crippen molar-refractivity contribution in [3.63, 3.8) is 0 Å². The van der Waals surface area contributed by atoms with Gasteiger partial charge >= 0.3 is 0 Å². The van der Waals surface area contributed by atoms with Crippen molar-refractivity contribution in [2.45, 2.75) is 38.3 Å². The molecule has 0 bridgehead atoms. The van der Waals surface area contributed by atoms with Gasteiger partial charge in [-0.15, -0.1) is 11.6 Å². The van der Waals surface area contributed by atoms with Crippen LogP contribution in [0.15, 0.2) is 0 Å². The molecule has 1 unspecified atom stereocenters. The Hall–Kier alpha value is -0.320. The lowest BCUT2D eigenvalue weighted by atomic mass is 9.80. The highest BCUT2D eigenvalue weighted by molar-refractivity contribution is 6.18. The van der Waals surface area contributed by atoms with Crippen molar-refractivity contribution in [2.75, 3.05) is 26.2 Å². The third-order valence-electron chi connectivity index (χ3n) is 2.99. The van der Waals surface area contributed by atoms with Gasteiger partial charge in [0.05, 0.1) is 18.8 Å². The molecule has 0 aliphatic heterocycles. The van der Waals surface area contributed by atoms with Gasteiger partial charge < -0.3 is 14.8 Å². The lowest BCUT2D eigenvalue weighted by Crippen LogP contribution is -2.42. The van der Waals surface area contributed by atoms with E-state index in [1.165, 1.54) is 0 Å². The Kier molecular flexibility index (Phi) is 6.85. The van der Waals surface area contributed by atoms with Gasteiger partial charge in [0, 0.05) is 26.0 Å². The third-order valence-corrected chi connectivity index (χ3v) is 3.36. The van der Waals surface area contributed by atoms with Crippen molar-refractivity contribution >= 4 is 17.5 Å². The quantitative estimate of drug-likeness (QED) is 0.676. The molecule has 0 heterocycles. The number of nitrogens with one attached hydrogen (secondary N) is 1. The van der Waals surface area contributed by atoms with Crippen molar-refractivity contribution < 1.29 is 14.3 Å². The van der Waals surface area contributed by atoms with Crippen LogP contribution in [0.3, 0.4) is 0 Å². The number of carbonyl (C=O) groups is 1. The Bertz CT molecular complexity index is 232. The van der Waals surface area contributed by atoms with Gasteiger partial charge in [0.25, 0.3) is 0 Å². The summed E-state index contributed by atoms with van der Waals surface area (Å²) in [5, 5.41) is 2.88. The third kappa shape index (κ3) is 5.23. The average Bonchev–Trinajstić information content (AvgIpc) is 2.25. The van der Waals surface area contributed by atoms with Crippen LogP contribution in [0, 0.1) is 5.92 Å². The van der Waals surface area contributed by atoms with Gasteiger partial charge in [-0.05, 0) is 25.7 Å². The first-order valence-electron chi connectivity index (χ1n) is 6.15. The summed E-state index contributed by atoms with van der Waals surface area (Å²) >= 11 is 5.72. The van der Waals surface area contributed by atoms with Crippen LogP contribution in [0.4, 0.5) is 0 Å². The molecule has 1 aliphatic rings. The van der Waals surface area contributed by atoms with E-state index in [1.807, 2.05) is 6.92 Å². The van der Waals surface area contributed by atoms with E-state index < -0.39 is 0 Å². The van der Waals surface area contributed by atoms with E-state index in [2.05, 4.69) is 5.32 Å². The number of alkyl halides is 1. The minimum Gasteiger partial charge on any atom is -0.383 e. The molecule has 1 atom stereocenters. The maximum absolute atomic E-state index is 11.7. The Morgan fingerprint density at radius 2 is 2.24 bits per heavy atom. The molecule has 0 aromatic carbocycles. The number of hydrogen-bond acceptors (Lipinski definition) is 3. The molecule has 1 rings (SSSR count). The van der Waals surface area contributed by atoms with Gasteiger partial charge in [-0.3, -0.25) is 4.79 Å². The van der Waals surface area contributed by atoms with Crippen LogP contribution in [0.2, 0.25) is 0 Å². The molecule has 1 amide bonds. The van der Waals surface area contributed by atoms with Gasteiger partial charge in [-0.25, -0.2) is 0 Å². The molecule has 0 aromatic rings. The summed E-state index contributed by atoms with van der Waals surface area (Å²) in [5.74, 6) is 0.906. The Morgan fingerprint density at radius 3 is 2.76 bits per heavy atom. The molecule has 1 aliphatic carbocycles. The van der Waals surface area contributed by atoms with E-state index in [0.717, 1.165) is 19.4 Å². The number of amides is 1. The van der Waals surface area contributed by atoms with Gasteiger partial charge in [0.15, 0.2) is 0 Å². The molecule has 4 nitrogen and oxygen atoms in total. The van der Waals surface area contributed by atoms with E-state index in [1.54, 1.807) is 7.11 Å². The minimum atomic E-state index is -0.0862. The molecule has 1 saturated carbocycles. The first-order chi connectivity index (χ1) is 8.19. The van der Waals surface area contributed by atoms with E-state index in [0.29, 0.717) is 30.9 Å². The van der Waals surface area contributed by atoms with Gasteiger partial charge in [-0.2, -0.15) is 0 Å². The van der Waals surface area contributed by atoms with Crippen LogP contribution < -0.4 is 5.32 Å². The summed E-state index contributed by atoms with van der Waals surface area (Å²) in [7, 11) is 1.60. The second-order valence-corrected chi connectivity index (χ2v) is 4.80. The fourth-order valence-electron chi connectivity index (χ4n) is 2.09. The fraction of sp³-hybridized carbons (Fsp3) is 0.917. The Morgan fingerprint density at radius 1 is 1.53 bits per heavy atom. The van der Waals surface area contributed by atoms with Crippen LogP contribution in [0.5, 0.6) is 0 Å². The topological polar surface area (TPSA) is 47.6 Å². The van der Waals surface area contributed by atoms with Gasteiger partial charge in [-0.1, -0.05) is 0 Å². The second kappa shape index (κ2) is 7.90. The minimum absolute atomic E-state index is 0.0626. The molecule has 0 radical (unpaired) electrons. The highest BCUT2D eigenvalue weighted by atomic mass is 35.5. The summed E-state index contributed by atoms with van der Waals surface area (Å²) in [6.07, 6.45) is 2.93. The summed E-state index contributed by atoms with van der Waals surface area (Å²) in [5.41, 5.74) is 0. The SMILES string of the molecule is CCOC1CC(CC(=O)NC(CCl)COC)C1. The normalized spacial score (nSPS) is 25.1. The van der Waals surface area contributed by atoms with E-state index >= 15 is 0 Å². The summed E-state index contributed by atoms with van der Waals surface area (Å²) < 4.78 is 10.4. The van der Waals surface area contributed by atoms with Crippen LogP contribution >= 0.6 is 11.6 Å². The van der Waals surface area contributed by atoms with Crippen LogP contribution in [-0.2, 0) is 14.3 Å². The molecule has 1 fully saturated rings. The first-order valence-corrected chi connectivity index (χ1v) is 6.68. The second-order valence-electron chi connectivity index (χ2n) is 4.49. The summed E-state index contributed by atoms with van der Waals surface area (Å²) in [6, 6.07) is -0.0862. The van der Waals surface area contributed by atoms with Crippen LogP contribution in [0.1, 0.15) is 26.2 Å². The highest BCUT2D eigenvalue weighted by Gasteiger charge is 2.31. The average molecular weight is 264 g/mol. The molecule has 5 heteroatoms. The molecule has 0 aromatic heterocycles. The lowest BCUT2D eigenvalue weighted by molar-refractivity contribution is -0.125. The molecular formula is C12H22ClNO3. The molecule has 1 N–H and O–H groups in total. The number of carbonyl (C=O) groups excluding carboxylic acids is 1. The Labute approximate surface area is 108 Å². The highest BCUT2D eigenvalue weighted by Crippen LogP contribution is 2.32. The predicted molar refractivity (Wildman–Crippen MR) is 67.3 cm³/mol. The number of methoxy groups -OCH3 is 1. The zero-order valence-corrected chi connectivity index (χ0v) is 11.3. The first kappa shape index (κ1) is 14.7. The zero-order valence-electron chi connectivity index (χ0n) is 10.6. The van der Waals surface area contributed by atoms with Crippen LogP contribution in [0.25, 0.3) is 0 Å². The zero-order chi connectivity index (χ0) is 12.7. The molecule has 0 saturated heterocycles. The van der Waals surface area contributed by atoms with Crippen molar-refractivity contribution in [1.29, 1.82) is 0 Å². The number of hydrogen-bond donors (Lipinski definition) is 1. The number of halogens is 1. The number of ether oxygens (including phenoxy) is 2. The molecule has 0 spiro atoms. The van der Waals surface area contributed by atoms with Crippen molar-refractivity contribution in [2.24, 2.45) is 5.92 Å². The molecule has 100 valence electrons. The Balaban J connectivity index is 2.13. The standard InChI is InChI=1S/C12H22ClNO3/c1-3-17-11-4-9(5-11)6-12(15)14-10(7-13)8-16-2/h9-11H,3-8H2,1-2H3,(H,14,15). The van der Waals surface area contributed by atoms with E-state index in [4.69, 9.17) is 21.1 Å². The fourth-order valence-corrected chi connectivity index (χ4v) is 2.25. The molecular weight excluding hydrogens is 242 g/mol.